The van der Waals surface area contributed by atoms with Gasteiger partial charge in [-0.3, -0.25) is 14.4 Å². The van der Waals surface area contributed by atoms with Crippen LogP contribution in [0.1, 0.15) is 23.1 Å². The van der Waals surface area contributed by atoms with Crippen molar-refractivity contribution in [2.45, 2.75) is 55.3 Å². The maximum absolute atomic E-state index is 14.5. The van der Waals surface area contributed by atoms with Crippen molar-refractivity contribution in [1.82, 2.24) is 4.90 Å². The number of carbonyl (C=O) groups is 3. The third kappa shape index (κ3) is 4.73. The Bertz CT molecular complexity index is 1480. The third-order valence-electron chi connectivity index (χ3n) is 8.97. The van der Waals surface area contributed by atoms with Gasteiger partial charge in [0.15, 0.2) is 0 Å². The van der Waals surface area contributed by atoms with Crippen LogP contribution in [0.15, 0.2) is 78.9 Å². The molecule has 6 rings (SSSR count). The molecular formula is C33H34BrN3O5. The number of aryl methyl sites for hydroxylation is 2. The standard InChI is InChI=1S/C33H34BrN3O5/c1-19-10-9-11-20(2)27(19)36-31(40)29-33-17-24(34)28(42-33)25(30(39)35-22-14-7-4-8-15-22)26(33)32(41)37(29)23(18-38)16-21-12-5-3-6-13-21/h3-15,23-26,28-29,38H,16-18H2,1-2H3,(H,35,39)(H,36,40)/t23-,24?,25+,26+,28+,29?,33?/m1/s1. The molecule has 3 N–H and O–H groups in total. The van der Waals surface area contributed by atoms with Crippen LogP contribution in [0.2, 0.25) is 0 Å². The number of para-hydroxylation sites is 2. The predicted octanol–water partition coefficient (Wildman–Crippen LogP) is 4.23. The molecule has 7 atom stereocenters. The number of alkyl halides is 1. The van der Waals surface area contributed by atoms with Gasteiger partial charge in [0, 0.05) is 16.2 Å². The fraction of sp³-hybridized carbons (Fsp3) is 0.364. The smallest absolute Gasteiger partial charge is 0.250 e. The molecule has 3 fully saturated rings. The Kier molecular flexibility index (Phi) is 7.68. The molecule has 3 aliphatic rings. The van der Waals surface area contributed by atoms with E-state index in [1.165, 1.54) is 4.90 Å². The molecule has 3 unspecified atom stereocenters. The molecule has 218 valence electrons. The summed E-state index contributed by atoms with van der Waals surface area (Å²) in [4.78, 5) is 43.9. The first-order valence-electron chi connectivity index (χ1n) is 14.3. The van der Waals surface area contributed by atoms with Gasteiger partial charge in [0.1, 0.15) is 11.6 Å². The lowest BCUT2D eigenvalue weighted by atomic mass is 9.70. The van der Waals surface area contributed by atoms with E-state index in [9.17, 15) is 19.5 Å². The molecule has 1 spiro atoms. The molecule has 3 aromatic rings. The Balaban J connectivity index is 1.41. The van der Waals surface area contributed by atoms with E-state index in [0.717, 1.165) is 16.7 Å². The van der Waals surface area contributed by atoms with E-state index >= 15 is 0 Å². The van der Waals surface area contributed by atoms with Crippen molar-refractivity contribution < 1.29 is 24.2 Å². The highest BCUT2D eigenvalue weighted by atomic mass is 79.9. The van der Waals surface area contributed by atoms with Gasteiger partial charge in [-0.1, -0.05) is 82.7 Å². The van der Waals surface area contributed by atoms with Gasteiger partial charge in [0.05, 0.1) is 30.6 Å². The van der Waals surface area contributed by atoms with Gasteiger partial charge in [-0.2, -0.15) is 0 Å². The zero-order chi connectivity index (χ0) is 29.6. The SMILES string of the molecule is Cc1cccc(C)c1NC(=O)C1N([C@@H](CO)Cc2ccccc2)C(=O)[C@@H]2[C@H](C(=O)Nc3ccccc3)[C@H]3OC12CC3Br. The highest BCUT2D eigenvalue weighted by Crippen LogP contribution is 2.60. The average Bonchev–Trinajstić information content (AvgIpc) is 3.58. The second-order valence-electron chi connectivity index (χ2n) is 11.5. The zero-order valence-corrected chi connectivity index (χ0v) is 25.1. The molecule has 9 heteroatoms. The molecule has 0 aliphatic carbocycles. The molecule has 42 heavy (non-hydrogen) atoms. The second kappa shape index (κ2) is 11.3. The lowest BCUT2D eigenvalue weighted by Crippen LogP contribution is -2.57. The summed E-state index contributed by atoms with van der Waals surface area (Å²) in [6.07, 6.45) is 0.150. The maximum Gasteiger partial charge on any atom is 0.250 e. The third-order valence-corrected chi connectivity index (χ3v) is 9.81. The minimum Gasteiger partial charge on any atom is -0.394 e. The topological polar surface area (TPSA) is 108 Å². The summed E-state index contributed by atoms with van der Waals surface area (Å²) in [6.45, 7) is 3.49. The summed E-state index contributed by atoms with van der Waals surface area (Å²) in [6, 6.07) is 22.7. The Morgan fingerprint density at radius 1 is 0.976 bits per heavy atom. The average molecular weight is 633 g/mol. The van der Waals surface area contributed by atoms with Crippen molar-refractivity contribution in [3.63, 3.8) is 0 Å². The van der Waals surface area contributed by atoms with E-state index in [4.69, 9.17) is 4.74 Å². The van der Waals surface area contributed by atoms with Crippen LogP contribution in [0.3, 0.4) is 0 Å². The summed E-state index contributed by atoms with van der Waals surface area (Å²) in [7, 11) is 0. The first kappa shape index (κ1) is 28.6. The Morgan fingerprint density at radius 3 is 2.26 bits per heavy atom. The Hall–Kier alpha value is -3.53. The van der Waals surface area contributed by atoms with Crippen LogP contribution in [0.5, 0.6) is 0 Å². The minimum absolute atomic E-state index is 0.231. The summed E-state index contributed by atoms with van der Waals surface area (Å²) >= 11 is 3.72. The molecule has 3 aliphatic heterocycles. The van der Waals surface area contributed by atoms with Gasteiger partial charge < -0.3 is 25.4 Å². The van der Waals surface area contributed by atoms with Crippen LogP contribution in [0.25, 0.3) is 0 Å². The molecule has 3 amide bonds. The number of ether oxygens (including phenoxy) is 1. The predicted molar refractivity (Wildman–Crippen MR) is 163 cm³/mol. The van der Waals surface area contributed by atoms with Gasteiger partial charge in [-0.05, 0) is 55.5 Å². The van der Waals surface area contributed by atoms with Crippen LogP contribution in [-0.4, -0.2) is 63.0 Å². The van der Waals surface area contributed by atoms with E-state index in [1.54, 1.807) is 12.1 Å². The highest BCUT2D eigenvalue weighted by molar-refractivity contribution is 9.09. The number of nitrogens with one attached hydrogen (secondary N) is 2. The molecule has 0 aromatic heterocycles. The summed E-state index contributed by atoms with van der Waals surface area (Å²) < 4.78 is 6.63. The number of amides is 3. The van der Waals surface area contributed by atoms with Gasteiger partial charge in [-0.15, -0.1) is 0 Å². The maximum atomic E-state index is 14.5. The first-order valence-corrected chi connectivity index (χ1v) is 15.2. The van der Waals surface area contributed by atoms with E-state index in [2.05, 4.69) is 26.6 Å². The number of benzene rings is 3. The van der Waals surface area contributed by atoms with Crippen LogP contribution in [0.4, 0.5) is 11.4 Å². The number of aliphatic hydroxyl groups is 1. The van der Waals surface area contributed by atoms with Crippen molar-refractivity contribution in [2.24, 2.45) is 11.8 Å². The molecule has 8 nitrogen and oxygen atoms in total. The number of aliphatic hydroxyl groups excluding tert-OH is 1. The lowest BCUT2D eigenvalue weighted by Gasteiger charge is -2.37. The largest absolute Gasteiger partial charge is 0.394 e. The van der Waals surface area contributed by atoms with Crippen molar-refractivity contribution in [3.8, 4) is 0 Å². The van der Waals surface area contributed by atoms with Crippen molar-refractivity contribution in [2.75, 3.05) is 17.2 Å². The van der Waals surface area contributed by atoms with Crippen molar-refractivity contribution in [1.29, 1.82) is 0 Å². The molecular weight excluding hydrogens is 598 g/mol. The van der Waals surface area contributed by atoms with Gasteiger partial charge >= 0.3 is 0 Å². The number of carbonyl (C=O) groups excluding carboxylic acids is 3. The molecule has 0 saturated carbocycles. The summed E-state index contributed by atoms with van der Waals surface area (Å²) in [5, 5.41) is 16.7. The molecule has 3 aromatic carbocycles. The molecule has 0 radical (unpaired) electrons. The number of fused-ring (bicyclic) bond motifs is 1. The van der Waals surface area contributed by atoms with Gasteiger partial charge in [-0.25, -0.2) is 0 Å². The van der Waals surface area contributed by atoms with E-state index in [0.29, 0.717) is 24.2 Å². The summed E-state index contributed by atoms with van der Waals surface area (Å²) in [5.74, 6) is -2.75. The number of nitrogens with zero attached hydrogens (tertiary/aromatic N) is 1. The minimum atomic E-state index is -1.24. The normalized spacial score (nSPS) is 28.4. The van der Waals surface area contributed by atoms with Crippen molar-refractivity contribution in [3.05, 3.63) is 95.6 Å². The molecule has 2 bridgehead atoms. The number of halogens is 1. The van der Waals surface area contributed by atoms with E-state index < -0.39 is 35.6 Å². The fourth-order valence-electron chi connectivity index (χ4n) is 7.15. The monoisotopic (exact) mass is 631 g/mol. The van der Waals surface area contributed by atoms with Gasteiger partial charge in [0.2, 0.25) is 17.7 Å². The number of likely N-dealkylation sites (tertiary alicyclic amines) is 1. The van der Waals surface area contributed by atoms with E-state index in [1.807, 2.05) is 80.6 Å². The number of hydrogen-bond donors (Lipinski definition) is 3. The van der Waals surface area contributed by atoms with Crippen molar-refractivity contribution >= 4 is 45.0 Å². The molecule has 3 saturated heterocycles. The van der Waals surface area contributed by atoms with E-state index in [-0.39, 0.29) is 29.2 Å². The summed E-state index contributed by atoms with van der Waals surface area (Å²) in [5.41, 5.74) is 2.78. The number of rotatable bonds is 8. The highest BCUT2D eigenvalue weighted by Gasteiger charge is 2.77. The van der Waals surface area contributed by atoms with Crippen LogP contribution >= 0.6 is 15.9 Å². The zero-order valence-electron chi connectivity index (χ0n) is 23.5. The number of anilines is 2. The Morgan fingerprint density at radius 2 is 1.62 bits per heavy atom. The number of hydrogen-bond acceptors (Lipinski definition) is 5. The lowest BCUT2D eigenvalue weighted by molar-refractivity contribution is -0.143. The first-order chi connectivity index (χ1) is 20.2. The van der Waals surface area contributed by atoms with Crippen LogP contribution < -0.4 is 10.6 Å². The fourth-order valence-corrected chi connectivity index (χ4v) is 8.09. The van der Waals surface area contributed by atoms with Crippen LogP contribution in [0, 0.1) is 25.7 Å². The second-order valence-corrected chi connectivity index (χ2v) is 12.7. The Labute approximate surface area is 253 Å². The van der Waals surface area contributed by atoms with Crippen LogP contribution in [-0.2, 0) is 25.5 Å². The quantitative estimate of drug-likeness (QED) is 0.323. The van der Waals surface area contributed by atoms with Gasteiger partial charge in [0.25, 0.3) is 0 Å². The molecule has 3 heterocycles.